The van der Waals surface area contributed by atoms with Crippen molar-refractivity contribution < 1.29 is 9.59 Å². The van der Waals surface area contributed by atoms with Gasteiger partial charge in [-0.1, -0.05) is 103 Å². The third kappa shape index (κ3) is 7.84. The summed E-state index contributed by atoms with van der Waals surface area (Å²) in [6, 6.07) is 20.4. The molecule has 0 bridgehead atoms. The lowest BCUT2D eigenvalue weighted by atomic mass is 10.00. The molecule has 1 atom stereocenters. The quantitative estimate of drug-likeness (QED) is 0.326. The Morgan fingerprint density at radius 1 is 0.861 bits per heavy atom. The molecule has 0 aliphatic heterocycles. The van der Waals surface area contributed by atoms with Crippen LogP contribution in [-0.4, -0.2) is 29.3 Å². The molecular weight excluding hydrogens is 491 g/mol. The summed E-state index contributed by atoms with van der Waals surface area (Å²) in [7, 11) is 0. The van der Waals surface area contributed by atoms with Gasteiger partial charge in [0.2, 0.25) is 11.8 Å². The van der Waals surface area contributed by atoms with Crippen LogP contribution < -0.4 is 5.32 Å². The van der Waals surface area contributed by atoms with Gasteiger partial charge in [0.25, 0.3) is 0 Å². The highest BCUT2D eigenvalue weighted by atomic mass is 35.5. The van der Waals surface area contributed by atoms with Gasteiger partial charge >= 0.3 is 0 Å². The van der Waals surface area contributed by atoms with Crippen LogP contribution in [0.15, 0.2) is 66.7 Å². The molecular formula is C30H34Cl2N2O2. The van der Waals surface area contributed by atoms with Crippen LogP contribution in [0.5, 0.6) is 0 Å². The van der Waals surface area contributed by atoms with E-state index in [1.54, 1.807) is 23.1 Å². The maximum absolute atomic E-state index is 13.9. The molecule has 0 saturated carbocycles. The first-order valence-electron chi connectivity index (χ1n) is 12.2. The zero-order chi connectivity index (χ0) is 26.2. The average molecular weight is 526 g/mol. The third-order valence-electron chi connectivity index (χ3n) is 5.98. The summed E-state index contributed by atoms with van der Waals surface area (Å²) >= 11 is 13.0. The number of aryl methyl sites for hydroxylation is 2. The largest absolute Gasteiger partial charge is 0.354 e. The van der Waals surface area contributed by atoms with Crippen LogP contribution in [0.3, 0.4) is 0 Å². The van der Waals surface area contributed by atoms with Crippen molar-refractivity contribution in [2.75, 3.05) is 6.54 Å². The van der Waals surface area contributed by atoms with Crippen LogP contribution >= 0.6 is 23.2 Å². The summed E-state index contributed by atoms with van der Waals surface area (Å²) in [5.74, 6) is -0.0649. The molecule has 0 spiro atoms. The fraction of sp³-hybridized carbons (Fsp3) is 0.333. The van der Waals surface area contributed by atoms with Crippen LogP contribution in [0.1, 0.15) is 41.7 Å². The zero-order valence-electron chi connectivity index (χ0n) is 21.4. The molecule has 0 radical (unpaired) electrons. The number of hydrogen-bond acceptors (Lipinski definition) is 2. The van der Waals surface area contributed by atoms with Crippen molar-refractivity contribution in [2.45, 2.75) is 53.1 Å². The minimum atomic E-state index is -0.725. The predicted octanol–water partition coefficient (Wildman–Crippen LogP) is 6.57. The number of carbonyl (C=O) groups excluding carboxylic acids is 2. The van der Waals surface area contributed by atoms with Crippen LogP contribution in [0.2, 0.25) is 10.0 Å². The Hall–Kier alpha value is -2.82. The Morgan fingerprint density at radius 2 is 1.47 bits per heavy atom. The Morgan fingerprint density at radius 3 is 2.06 bits per heavy atom. The molecule has 190 valence electrons. The zero-order valence-corrected chi connectivity index (χ0v) is 22.9. The summed E-state index contributed by atoms with van der Waals surface area (Å²) in [5.41, 5.74) is 4.69. The van der Waals surface area contributed by atoms with E-state index in [1.807, 2.05) is 70.2 Å². The van der Waals surface area contributed by atoms with E-state index in [1.165, 1.54) is 0 Å². The molecule has 3 rings (SSSR count). The maximum atomic E-state index is 13.9. The molecule has 3 aromatic carbocycles. The maximum Gasteiger partial charge on any atom is 0.243 e. The topological polar surface area (TPSA) is 49.4 Å². The van der Waals surface area contributed by atoms with Crippen molar-refractivity contribution in [3.05, 3.63) is 105 Å². The Bertz CT molecular complexity index is 1150. The van der Waals surface area contributed by atoms with E-state index in [0.717, 1.165) is 22.3 Å². The number of amides is 2. The molecule has 1 N–H and O–H groups in total. The van der Waals surface area contributed by atoms with Gasteiger partial charge in [-0.2, -0.15) is 0 Å². The van der Waals surface area contributed by atoms with Gasteiger partial charge < -0.3 is 10.2 Å². The van der Waals surface area contributed by atoms with Gasteiger partial charge in [-0.25, -0.2) is 0 Å². The van der Waals surface area contributed by atoms with Crippen LogP contribution in [0.25, 0.3) is 0 Å². The fourth-order valence-electron chi connectivity index (χ4n) is 4.28. The summed E-state index contributed by atoms with van der Waals surface area (Å²) in [4.78, 5) is 29.1. The molecule has 0 aromatic heterocycles. The van der Waals surface area contributed by atoms with Crippen LogP contribution in [-0.2, 0) is 29.0 Å². The monoisotopic (exact) mass is 524 g/mol. The summed E-state index contributed by atoms with van der Waals surface area (Å²) in [5, 5.41) is 3.97. The van der Waals surface area contributed by atoms with Gasteiger partial charge in [-0.3, -0.25) is 9.59 Å². The standard InChI is InChI=1S/C30H34Cl2N2O2/c1-20(2)18-33-30(36)28(16-23-9-6-5-7-10-23)34(19-25-26(31)11-8-12-27(25)32)29(35)17-24-14-21(3)13-22(4)15-24/h5-15,20,28H,16-19H2,1-4H3,(H,33,36)/t28-/m1/s1. The van der Waals surface area contributed by atoms with E-state index in [2.05, 4.69) is 11.4 Å². The molecule has 4 nitrogen and oxygen atoms in total. The summed E-state index contributed by atoms with van der Waals surface area (Å²) in [6.07, 6.45) is 0.554. The van der Waals surface area contributed by atoms with Gasteiger partial charge in [-0.05, 0) is 43.0 Å². The van der Waals surface area contributed by atoms with E-state index in [4.69, 9.17) is 23.2 Å². The van der Waals surface area contributed by atoms with Gasteiger partial charge in [0.1, 0.15) is 6.04 Å². The molecule has 0 unspecified atom stereocenters. The first kappa shape index (κ1) is 27.8. The summed E-state index contributed by atoms with van der Waals surface area (Å²) in [6.45, 7) is 8.77. The SMILES string of the molecule is Cc1cc(C)cc(CC(=O)N(Cc2c(Cl)cccc2Cl)[C@H](Cc2ccccc2)C(=O)NCC(C)C)c1. The normalized spacial score (nSPS) is 11.9. The molecule has 0 saturated heterocycles. The second-order valence-electron chi connectivity index (χ2n) is 9.74. The molecule has 3 aromatic rings. The lowest BCUT2D eigenvalue weighted by Gasteiger charge is -2.32. The Kier molecular flexibility index (Phi) is 9.98. The minimum Gasteiger partial charge on any atom is -0.354 e. The lowest BCUT2D eigenvalue weighted by Crippen LogP contribution is -2.51. The van der Waals surface area contributed by atoms with Crippen molar-refractivity contribution in [3.8, 4) is 0 Å². The third-order valence-corrected chi connectivity index (χ3v) is 6.69. The number of halogens is 2. The molecule has 6 heteroatoms. The molecule has 0 heterocycles. The van der Waals surface area contributed by atoms with E-state index in [0.29, 0.717) is 28.6 Å². The number of benzene rings is 3. The van der Waals surface area contributed by atoms with Crippen molar-refractivity contribution in [1.29, 1.82) is 0 Å². The number of nitrogens with one attached hydrogen (secondary N) is 1. The molecule has 0 fully saturated rings. The molecule has 0 aliphatic carbocycles. The van der Waals surface area contributed by atoms with E-state index >= 15 is 0 Å². The summed E-state index contributed by atoms with van der Waals surface area (Å²) < 4.78 is 0. The van der Waals surface area contributed by atoms with Crippen molar-refractivity contribution in [2.24, 2.45) is 5.92 Å². The van der Waals surface area contributed by atoms with Crippen molar-refractivity contribution in [3.63, 3.8) is 0 Å². The van der Waals surface area contributed by atoms with Crippen molar-refractivity contribution in [1.82, 2.24) is 10.2 Å². The van der Waals surface area contributed by atoms with Gasteiger partial charge in [-0.15, -0.1) is 0 Å². The molecule has 0 aliphatic rings. The Balaban J connectivity index is 2.02. The number of nitrogens with zero attached hydrogens (tertiary/aromatic N) is 1. The number of carbonyl (C=O) groups is 2. The first-order chi connectivity index (χ1) is 17.1. The van der Waals surface area contributed by atoms with Crippen LogP contribution in [0.4, 0.5) is 0 Å². The van der Waals surface area contributed by atoms with Gasteiger partial charge in [0, 0.05) is 35.1 Å². The Labute approximate surface area is 224 Å². The number of hydrogen-bond donors (Lipinski definition) is 1. The molecule has 36 heavy (non-hydrogen) atoms. The predicted molar refractivity (Wildman–Crippen MR) is 148 cm³/mol. The highest BCUT2D eigenvalue weighted by molar-refractivity contribution is 6.36. The fourth-order valence-corrected chi connectivity index (χ4v) is 4.79. The number of rotatable bonds is 10. The van der Waals surface area contributed by atoms with Gasteiger partial charge in [0.15, 0.2) is 0 Å². The van der Waals surface area contributed by atoms with E-state index in [9.17, 15) is 9.59 Å². The second kappa shape index (κ2) is 12.9. The average Bonchev–Trinajstić information content (AvgIpc) is 2.81. The lowest BCUT2D eigenvalue weighted by molar-refractivity contribution is -0.140. The van der Waals surface area contributed by atoms with Crippen molar-refractivity contribution >= 4 is 35.0 Å². The molecule has 2 amide bonds. The highest BCUT2D eigenvalue weighted by Crippen LogP contribution is 2.27. The van der Waals surface area contributed by atoms with Gasteiger partial charge in [0.05, 0.1) is 6.42 Å². The smallest absolute Gasteiger partial charge is 0.243 e. The van der Waals surface area contributed by atoms with E-state index < -0.39 is 6.04 Å². The van der Waals surface area contributed by atoms with Crippen LogP contribution in [0, 0.1) is 19.8 Å². The minimum absolute atomic E-state index is 0.134. The highest BCUT2D eigenvalue weighted by Gasteiger charge is 2.31. The first-order valence-corrected chi connectivity index (χ1v) is 13.0. The second-order valence-corrected chi connectivity index (χ2v) is 10.6. The van der Waals surface area contributed by atoms with E-state index in [-0.39, 0.29) is 30.7 Å².